The molecule has 1 heterocycles. The number of carbonyl (C=O) groups is 1. The average molecular weight is 220 g/mol. The minimum atomic E-state index is -4.48. The predicted molar refractivity (Wildman–Crippen MR) is 47.1 cm³/mol. The van der Waals surface area contributed by atoms with E-state index in [1.54, 1.807) is 6.92 Å². The van der Waals surface area contributed by atoms with Crippen molar-refractivity contribution >= 4 is 11.6 Å². The van der Waals surface area contributed by atoms with Gasteiger partial charge < -0.3 is 0 Å². The summed E-state index contributed by atoms with van der Waals surface area (Å²) in [6, 6.07) is -0.197. The van der Waals surface area contributed by atoms with Crippen LogP contribution in [0, 0.1) is 5.92 Å². The topological polar surface area (TPSA) is 32.7 Å². The summed E-state index contributed by atoms with van der Waals surface area (Å²) in [6.07, 6.45) is -3.14. The van der Waals surface area contributed by atoms with Gasteiger partial charge in [0, 0.05) is 0 Å². The second-order valence-corrected chi connectivity index (χ2v) is 4.04. The molecule has 0 aromatic carbocycles. The molecular weight excluding hydrogens is 209 g/mol. The van der Waals surface area contributed by atoms with Crippen LogP contribution in [0.1, 0.15) is 26.2 Å². The summed E-state index contributed by atoms with van der Waals surface area (Å²) in [5, 5.41) is 4.38. The molecule has 0 radical (unpaired) electrons. The molecule has 3 nitrogen and oxygen atoms in total. The van der Waals surface area contributed by atoms with E-state index in [1.807, 2.05) is 0 Å². The zero-order chi connectivity index (χ0) is 11.2. The van der Waals surface area contributed by atoms with Gasteiger partial charge in [0.05, 0.1) is 12.5 Å². The van der Waals surface area contributed by atoms with Gasteiger partial charge in [-0.25, -0.2) is 5.01 Å². The van der Waals surface area contributed by atoms with Gasteiger partial charge in [0.15, 0.2) is 5.71 Å². The fourth-order valence-electron chi connectivity index (χ4n) is 1.70. The molecule has 1 atom stereocenters. The van der Waals surface area contributed by atoms with Crippen molar-refractivity contribution in [2.45, 2.75) is 38.4 Å². The Labute approximate surface area is 84.9 Å². The summed E-state index contributed by atoms with van der Waals surface area (Å²) in [4.78, 5) is 11.3. The standard InChI is InChI=1S/C9H11F3N2O/c1-5(6-2-3-6)14-8(15)4-7(13-14)9(10,11)12/h5-6H,2-4H2,1H3. The Morgan fingerprint density at radius 1 is 1.47 bits per heavy atom. The summed E-state index contributed by atoms with van der Waals surface area (Å²) in [5.74, 6) is -0.216. The molecule has 0 saturated heterocycles. The molecule has 1 aliphatic heterocycles. The highest BCUT2D eigenvalue weighted by atomic mass is 19.4. The van der Waals surface area contributed by atoms with E-state index in [4.69, 9.17) is 0 Å². The van der Waals surface area contributed by atoms with Crippen LogP contribution in [-0.4, -0.2) is 28.8 Å². The van der Waals surface area contributed by atoms with Crippen molar-refractivity contribution < 1.29 is 18.0 Å². The quantitative estimate of drug-likeness (QED) is 0.699. The summed E-state index contributed by atoms with van der Waals surface area (Å²) in [6.45, 7) is 1.75. The number of amides is 1. The molecule has 0 N–H and O–H groups in total. The lowest BCUT2D eigenvalue weighted by Gasteiger charge is -2.19. The summed E-state index contributed by atoms with van der Waals surface area (Å²) in [5.41, 5.74) is -0.972. The van der Waals surface area contributed by atoms with Crippen LogP contribution >= 0.6 is 0 Å². The summed E-state index contributed by atoms with van der Waals surface area (Å²) in [7, 11) is 0. The van der Waals surface area contributed by atoms with Crippen molar-refractivity contribution in [3.63, 3.8) is 0 Å². The van der Waals surface area contributed by atoms with Crippen molar-refractivity contribution in [1.29, 1.82) is 0 Å². The molecule has 2 aliphatic rings. The molecule has 0 aromatic rings. The molecule has 84 valence electrons. The van der Waals surface area contributed by atoms with Gasteiger partial charge in [-0.15, -0.1) is 0 Å². The Morgan fingerprint density at radius 3 is 2.47 bits per heavy atom. The lowest BCUT2D eigenvalue weighted by Crippen LogP contribution is -2.32. The van der Waals surface area contributed by atoms with Crippen molar-refractivity contribution in [2.24, 2.45) is 11.0 Å². The molecule has 2 rings (SSSR count). The zero-order valence-electron chi connectivity index (χ0n) is 8.21. The summed E-state index contributed by atoms with van der Waals surface area (Å²) < 4.78 is 36.8. The molecule has 0 spiro atoms. The van der Waals surface area contributed by atoms with Crippen LogP contribution in [0.3, 0.4) is 0 Å². The molecule has 0 aromatic heterocycles. The van der Waals surface area contributed by atoms with Gasteiger partial charge in [-0.3, -0.25) is 4.79 Å². The van der Waals surface area contributed by atoms with E-state index in [9.17, 15) is 18.0 Å². The minimum Gasteiger partial charge on any atom is -0.273 e. The van der Waals surface area contributed by atoms with Gasteiger partial charge in [0.2, 0.25) is 5.91 Å². The fraction of sp³-hybridized carbons (Fsp3) is 0.778. The first kappa shape index (κ1) is 10.4. The molecule has 6 heteroatoms. The SMILES string of the molecule is CC(C1CC1)N1N=C(C(F)(F)F)CC1=O. The number of hydrogen-bond donors (Lipinski definition) is 0. The molecule has 1 fully saturated rings. The molecule has 1 saturated carbocycles. The van der Waals surface area contributed by atoms with Crippen molar-refractivity contribution in [3.8, 4) is 0 Å². The Kier molecular flexibility index (Phi) is 2.24. The van der Waals surface area contributed by atoms with Gasteiger partial charge in [-0.1, -0.05) is 0 Å². The van der Waals surface area contributed by atoms with Crippen LogP contribution in [0.15, 0.2) is 5.10 Å². The van der Waals surface area contributed by atoms with Crippen LogP contribution in [0.4, 0.5) is 13.2 Å². The van der Waals surface area contributed by atoms with E-state index in [2.05, 4.69) is 5.10 Å². The number of halogens is 3. The first-order chi connectivity index (χ1) is 6.89. The van der Waals surface area contributed by atoms with Crippen LogP contribution in [0.2, 0.25) is 0 Å². The Balaban J connectivity index is 2.12. The number of nitrogens with zero attached hydrogens (tertiary/aromatic N) is 2. The van der Waals surface area contributed by atoms with Gasteiger partial charge >= 0.3 is 6.18 Å². The van der Waals surface area contributed by atoms with E-state index in [1.165, 1.54) is 0 Å². The maximum atomic E-state index is 12.3. The largest absolute Gasteiger partial charge is 0.431 e. The average Bonchev–Trinajstić information content (AvgIpc) is 2.87. The first-order valence-electron chi connectivity index (χ1n) is 4.86. The molecule has 1 aliphatic carbocycles. The maximum absolute atomic E-state index is 12.3. The lowest BCUT2D eigenvalue weighted by molar-refractivity contribution is -0.131. The van der Waals surface area contributed by atoms with Gasteiger partial charge in [0.25, 0.3) is 0 Å². The first-order valence-corrected chi connectivity index (χ1v) is 4.86. The fourth-order valence-corrected chi connectivity index (χ4v) is 1.70. The summed E-state index contributed by atoms with van der Waals surface area (Å²) >= 11 is 0. The smallest absolute Gasteiger partial charge is 0.273 e. The molecule has 1 unspecified atom stereocenters. The second-order valence-electron chi connectivity index (χ2n) is 4.04. The monoisotopic (exact) mass is 220 g/mol. The van der Waals surface area contributed by atoms with Gasteiger partial charge in [-0.05, 0) is 25.7 Å². The van der Waals surface area contributed by atoms with Crippen LogP contribution < -0.4 is 0 Å². The van der Waals surface area contributed by atoms with Crippen LogP contribution in [0.5, 0.6) is 0 Å². The number of hydrazone groups is 1. The van der Waals surface area contributed by atoms with E-state index in [0.29, 0.717) is 5.92 Å². The van der Waals surface area contributed by atoms with Gasteiger partial charge in [-0.2, -0.15) is 18.3 Å². The third kappa shape index (κ3) is 1.98. The molecular formula is C9H11F3N2O. The Bertz CT molecular complexity index is 320. The number of rotatable bonds is 2. The third-order valence-electron chi connectivity index (χ3n) is 2.82. The lowest BCUT2D eigenvalue weighted by atomic mass is 10.2. The van der Waals surface area contributed by atoms with Crippen LogP contribution in [0.25, 0.3) is 0 Å². The normalized spacial score (nSPS) is 24.4. The number of alkyl halides is 3. The van der Waals surface area contributed by atoms with Crippen molar-refractivity contribution in [3.05, 3.63) is 0 Å². The second kappa shape index (κ2) is 3.21. The maximum Gasteiger partial charge on any atom is 0.431 e. The highest BCUT2D eigenvalue weighted by Crippen LogP contribution is 2.37. The van der Waals surface area contributed by atoms with Crippen molar-refractivity contribution in [2.75, 3.05) is 0 Å². The minimum absolute atomic E-state index is 0.197. The highest BCUT2D eigenvalue weighted by molar-refractivity contribution is 6.07. The Hall–Kier alpha value is -1.07. The third-order valence-corrected chi connectivity index (χ3v) is 2.82. The van der Waals surface area contributed by atoms with Crippen LogP contribution in [-0.2, 0) is 4.79 Å². The molecule has 1 amide bonds. The van der Waals surface area contributed by atoms with E-state index < -0.39 is 24.2 Å². The van der Waals surface area contributed by atoms with Crippen molar-refractivity contribution in [1.82, 2.24) is 5.01 Å². The molecule has 0 bridgehead atoms. The molecule has 15 heavy (non-hydrogen) atoms. The number of carbonyl (C=O) groups excluding carboxylic acids is 1. The van der Waals surface area contributed by atoms with E-state index in [0.717, 1.165) is 17.9 Å². The Morgan fingerprint density at radius 2 is 2.07 bits per heavy atom. The van der Waals surface area contributed by atoms with E-state index in [-0.39, 0.29) is 6.04 Å². The van der Waals surface area contributed by atoms with E-state index >= 15 is 0 Å². The van der Waals surface area contributed by atoms with Gasteiger partial charge in [0.1, 0.15) is 0 Å². The number of hydrogen-bond acceptors (Lipinski definition) is 2. The zero-order valence-corrected chi connectivity index (χ0v) is 8.21. The predicted octanol–water partition coefficient (Wildman–Crippen LogP) is 1.94. The highest BCUT2D eigenvalue weighted by Gasteiger charge is 2.45.